The standard InChI is InChI=1S/C27H31N7O2/c1-32(21-12-16-34(17-13-21)27-29-18-20-6-2-3-7-22(20)31-27)24(35)8-4-5-14-33-15-11-19-9-10-23(25(28)36)30-26(19)33/h2-3,6-7,9-11,15,18,21H,4-5,8,12-14,16-17H2,1H3,(H2,28,36). The minimum absolute atomic E-state index is 0.182. The number of amides is 2. The molecule has 4 heterocycles. The Morgan fingerprint density at radius 3 is 2.64 bits per heavy atom. The van der Waals surface area contributed by atoms with Crippen LogP contribution < -0.4 is 10.6 Å². The number of carbonyl (C=O) groups excluding carboxylic acids is 2. The molecule has 0 aliphatic carbocycles. The first-order chi connectivity index (χ1) is 17.5. The Kier molecular flexibility index (Phi) is 6.79. The Hall–Kier alpha value is -4.01. The molecule has 36 heavy (non-hydrogen) atoms. The van der Waals surface area contributed by atoms with Crippen LogP contribution in [0.15, 0.2) is 54.9 Å². The number of primary amides is 1. The van der Waals surface area contributed by atoms with E-state index in [4.69, 9.17) is 10.7 Å². The summed E-state index contributed by atoms with van der Waals surface area (Å²) >= 11 is 0. The van der Waals surface area contributed by atoms with Crippen molar-refractivity contribution in [1.29, 1.82) is 0 Å². The van der Waals surface area contributed by atoms with E-state index in [9.17, 15) is 9.59 Å². The molecule has 2 amide bonds. The van der Waals surface area contributed by atoms with E-state index >= 15 is 0 Å². The highest BCUT2D eigenvalue weighted by Gasteiger charge is 2.26. The highest BCUT2D eigenvalue weighted by Crippen LogP contribution is 2.22. The van der Waals surface area contributed by atoms with Gasteiger partial charge in [0.2, 0.25) is 11.9 Å². The molecule has 9 heteroatoms. The summed E-state index contributed by atoms with van der Waals surface area (Å²) in [4.78, 5) is 42.1. The molecular formula is C27H31N7O2. The zero-order chi connectivity index (χ0) is 25.1. The third kappa shape index (κ3) is 5.00. The number of benzene rings is 1. The van der Waals surface area contributed by atoms with E-state index in [2.05, 4.69) is 14.9 Å². The molecule has 186 valence electrons. The molecule has 0 saturated carbocycles. The lowest BCUT2D eigenvalue weighted by Crippen LogP contribution is -2.46. The first kappa shape index (κ1) is 23.7. The number of aromatic nitrogens is 4. The van der Waals surface area contributed by atoms with Crippen LogP contribution in [-0.4, -0.2) is 62.4 Å². The third-order valence-corrected chi connectivity index (χ3v) is 7.07. The van der Waals surface area contributed by atoms with Crippen molar-refractivity contribution in [2.45, 2.75) is 44.7 Å². The lowest BCUT2D eigenvalue weighted by Gasteiger charge is -2.36. The number of anilines is 1. The molecule has 4 aromatic rings. The molecule has 2 N–H and O–H groups in total. The molecule has 1 aromatic carbocycles. The largest absolute Gasteiger partial charge is 0.364 e. The van der Waals surface area contributed by atoms with Crippen LogP contribution >= 0.6 is 0 Å². The zero-order valence-electron chi connectivity index (χ0n) is 20.5. The maximum Gasteiger partial charge on any atom is 0.267 e. The maximum absolute atomic E-state index is 12.9. The number of unbranched alkanes of at least 4 members (excludes halogenated alkanes) is 1. The van der Waals surface area contributed by atoms with Gasteiger partial charge in [0.25, 0.3) is 5.91 Å². The number of hydrogen-bond acceptors (Lipinski definition) is 6. The molecule has 1 fully saturated rings. The van der Waals surface area contributed by atoms with Gasteiger partial charge in [-0.1, -0.05) is 18.2 Å². The Labute approximate surface area is 209 Å². The number of nitrogens with zero attached hydrogens (tertiary/aromatic N) is 6. The van der Waals surface area contributed by atoms with E-state index in [0.29, 0.717) is 6.42 Å². The van der Waals surface area contributed by atoms with Gasteiger partial charge in [-0.05, 0) is 49.9 Å². The molecule has 0 atom stereocenters. The van der Waals surface area contributed by atoms with Crippen molar-refractivity contribution in [1.82, 2.24) is 24.4 Å². The number of carbonyl (C=O) groups is 2. The number of aryl methyl sites for hydroxylation is 1. The maximum atomic E-state index is 12.9. The quantitative estimate of drug-likeness (QED) is 0.383. The number of fused-ring (bicyclic) bond motifs is 2. The summed E-state index contributed by atoms with van der Waals surface area (Å²) in [6.07, 6.45) is 7.81. The topological polar surface area (TPSA) is 110 Å². The highest BCUT2D eigenvalue weighted by atomic mass is 16.2. The van der Waals surface area contributed by atoms with Crippen molar-refractivity contribution in [3.05, 3.63) is 60.6 Å². The second-order valence-electron chi connectivity index (χ2n) is 9.39. The van der Waals surface area contributed by atoms with E-state index < -0.39 is 5.91 Å². The van der Waals surface area contributed by atoms with Crippen molar-refractivity contribution < 1.29 is 9.59 Å². The van der Waals surface area contributed by atoms with Crippen molar-refractivity contribution in [3.8, 4) is 0 Å². The number of rotatable bonds is 8. The zero-order valence-corrected chi connectivity index (χ0v) is 20.5. The van der Waals surface area contributed by atoms with E-state index in [1.54, 1.807) is 6.07 Å². The number of nitrogens with two attached hydrogens (primary N) is 1. The second kappa shape index (κ2) is 10.3. The van der Waals surface area contributed by atoms with Crippen LogP contribution in [0.2, 0.25) is 0 Å². The molecule has 0 bridgehead atoms. The van der Waals surface area contributed by atoms with Crippen molar-refractivity contribution in [2.24, 2.45) is 5.73 Å². The average molecular weight is 486 g/mol. The second-order valence-corrected chi connectivity index (χ2v) is 9.39. The van der Waals surface area contributed by atoms with Gasteiger partial charge < -0.3 is 20.1 Å². The fraction of sp³-hybridized carbons (Fsp3) is 0.370. The average Bonchev–Trinajstić information content (AvgIpc) is 3.32. The van der Waals surface area contributed by atoms with Gasteiger partial charge in [0.1, 0.15) is 11.3 Å². The smallest absolute Gasteiger partial charge is 0.267 e. The van der Waals surface area contributed by atoms with E-state index in [1.165, 1.54) is 0 Å². The predicted molar refractivity (Wildman–Crippen MR) is 140 cm³/mol. The number of pyridine rings is 1. The van der Waals surface area contributed by atoms with Crippen molar-refractivity contribution in [3.63, 3.8) is 0 Å². The van der Waals surface area contributed by atoms with Crippen LogP contribution in [0.1, 0.15) is 42.6 Å². The molecule has 5 rings (SSSR count). The van der Waals surface area contributed by atoms with Crippen LogP contribution in [-0.2, 0) is 11.3 Å². The van der Waals surface area contributed by atoms with Crippen LogP contribution in [0.4, 0.5) is 5.95 Å². The minimum Gasteiger partial charge on any atom is -0.364 e. The van der Waals surface area contributed by atoms with Gasteiger partial charge in [0.15, 0.2) is 0 Å². The van der Waals surface area contributed by atoms with Gasteiger partial charge in [-0.3, -0.25) is 9.59 Å². The summed E-state index contributed by atoms with van der Waals surface area (Å²) in [7, 11) is 1.92. The first-order valence-electron chi connectivity index (χ1n) is 12.5. The molecule has 3 aromatic heterocycles. The Bertz CT molecular complexity index is 1390. The van der Waals surface area contributed by atoms with Crippen molar-refractivity contribution >= 4 is 39.7 Å². The molecule has 1 aliphatic rings. The molecule has 1 saturated heterocycles. The number of piperidine rings is 1. The highest BCUT2D eigenvalue weighted by molar-refractivity contribution is 5.93. The summed E-state index contributed by atoms with van der Waals surface area (Å²) in [5, 5.41) is 2.01. The fourth-order valence-corrected chi connectivity index (χ4v) is 4.88. The molecular weight excluding hydrogens is 454 g/mol. The molecule has 9 nitrogen and oxygen atoms in total. The monoisotopic (exact) mass is 485 g/mol. The van der Waals surface area contributed by atoms with E-state index in [1.807, 2.05) is 65.3 Å². The summed E-state index contributed by atoms with van der Waals surface area (Å²) in [5.74, 6) is 0.409. The van der Waals surface area contributed by atoms with Gasteiger partial charge >= 0.3 is 0 Å². The van der Waals surface area contributed by atoms with Gasteiger partial charge in [0.05, 0.1) is 5.52 Å². The van der Waals surface area contributed by atoms with Crippen molar-refractivity contribution in [2.75, 3.05) is 25.0 Å². The Morgan fingerprint density at radius 2 is 1.83 bits per heavy atom. The fourth-order valence-electron chi connectivity index (χ4n) is 4.88. The summed E-state index contributed by atoms with van der Waals surface area (Å²) in [6, 6.07) is 13.7. The molecule has 0 radical (unpaired) electrons. The Balaban J connectivity index is 1.09. The number of para-hydroxylation sites is 1. The summed E-state index contributed by atoms with van der Waals surface area (Å²) in [5.41, 5.74) is 7.33. The van der Waals surface area contributed by atoms with E-state index in [0.717, 1.165) is 73.2 Å². The normalized spacial score (nSPS) is 14.4. The lowest BCUT2D eigenvalue weighted by molar-refractivity contribution is -0.132. The van der Waals surface area contributed by atoms with Gasteiger partial charge in [-0.2, -0.15) is 0 Å². The minimum atomic E-state index is -0.533. The van der Waals surface area contributed by atoms with Crippen LogP contribution in [0.25, 0.3) is 21.9 Å². The van der Waals surface area contributed by atoms with Gasteiger partial charge in [0, 0.05) is 62.3 Å². The van der Waals surface area contributed by atoms with E-state index in [-0.39, 0.29) is 17.6 Å². The molecule has 0 unspecified atom stereocenters. The lowest BCUT2D eigenvalue weighted by atomic mass is 10.0. The van der Waals surface area contributed by atoms with Crippen LogP contribution in [0, 0.1) is 0 Å². The van der Waals surface area contributed by atoms with Gasteiger partial charge in [-0.25, -0.2) is 15.0 Å². The first-order valence-corrected chi connectivity index (χ1v) is 12.5. The van der Waals surface area contributed by atoms with Crippen LogP contribution in [0.3, 0.4) is 0 Å². The number of hydrogen-bond donors (Lipinski definition) is 1. The summed E-state index contributed by atoms with van der Waals surface area (Å²) < 4.78 is 2.01. The third-order valence-electron chi connectivity index (χ3n) is 7.07. The Morgan fingerprint density at radius 1 is 1.03 bits per heavy atom. The van der Waals surface area contributed by atoms with Crippen LogP contribution in [0.5, 0.6) is 0 Å². The molecule has 1 aliphatic heterocycles. The SMILES string of the molecule is CN(C(=O)CCCCn1ccc2ccc(C(N)=O)nc21)C1CCN(c2ncc3ccccc3n2)CC1. The summed E-state index contributed by atoms with van der Waals surface area (Å²) in [6.45, 7) is 2.41. The molecule has 0 spiro atoms. The predicted octanol–water partition coefficient (Wildman–Crippen LogP) is 3.38. The van der Waals surface area contributed by atoms with Gasteiger partial charge in [-0.15, -0.1) is 0 Å².